The zero-order valence-corrected chi connectivity index (χ0v) is 15.0. The first kappa shape index (κ1) is 17.6. The molecule has 1 saturated heterocycles. The van der Waals surface area contributed by atoms with Gasteiger partial charge in [-0.2, -0.15) is 0 Å². The van der Waals surface area contributed by atoms with Crippen LogP contribution in [0.25, 0.3) is 0 Å². The first-order valence-corrected chi connectivity index (χ1v) is 9.15. The Balaban J connectivity index is 1.56. The maximum Gasteiger partial charge on any atom is 0.315 e. The molecule has 0 aromatic heterocycles. The van der Waals surface area contributed by atoms with E-state index in [2.05, 4.69) is 17.6 Å². The van der Waals surface area contributed by atoms with Crippen LogP contribution >= 0.6 is 0 Å². The van der Waals surface area contributed by atoms with Crippen LogP contribution in [0, 0.1) is 0 Å². The van der Waals surface area contributed by atoms with Crippen molar-refractivity contribution >= 4 is 11.9 Å². The first-order chi connectivity index (χ1) is 12.1. The topological polar surface area (TPSA) is 70.7 Å². The van der Waals surface area contributed by atoms with Gasteiger partial charge in [-0.1, -0.05) is 18.2 Å². The Labute approximate surface area is 148 Å². The zero-order valence-electron chi connectivity index (χ0n) is 15.0. The molecule has 0 radical (unpaired) electrons. The first-order valence-electron chi connectivity index (χ1n) is 9.15. The number of hydrogen-bond donors (Lipinski definition) is 2. The van der Waals surface area contributed by atoms with Crippen LogP contribution in [0.5, 0.6) is 5.75 Å². The fraction of sp³-hybridized carbons (Fsp3) is 0.579. The molecule has 2 heterocycles. The van der Waals surface area contributed by atoms with E-state index in [9.17, 15) is 9.59 Å². The standard InChI is InChI=1S/C19H27N3O3/c1-13-7-5-6-11-22(13)18(23)14(2)20-19(24)21-16-10-12-25-17-9-4-3-8-15(16)17/h3-4,8-9,13-14,16H,5-7,10-12H2,1-2H3,(H2,20,21,24)/t13-,14+,16-/m1/s1. The minimum Gasteiger partial charge on any atom is -0.493 e. The van der Waals surface area contributed by atoms with Crippen molar-refractivity contribution in [3.05, 3.63) is 29.8 Å². The van der Waals surface area contributed by atoms with Crippen LogP contribution in [0.2, 0.25) is 0 Å². The van der Waals surface area contributed by atoms with Crippen molar-refractivity contribution in [3.8, 4) is 5.75 Å². The summed E-state index contributed by atoms with van der Waals surface area (Å²) in [5, 5.41) is 5.77. The Morgan fingerprint density at radius 3 is 2.84 bits per heavy atom. The largest absolute Gasteiger partial charge is 0.493 e. The number of urea groups is 1. The lowest BCUT2D eigenvalue weighted by atomic mass is 10.0. The molecular formula is C19H27N3O3. The van der Waals surface area contributed by atoms with E-state index in [-0.39, 0.29) is 24.0 Å². The summed E-state index contributed by atoms with van der Waals surface area (Å²) in [6.07, 6.45) is 3.95. The molecule has 0 bridgehead atoms. The summed E-state index contributed by atoms with van der Waals surface area (Å²) in [4.78, 5) is 26.9. The van der Waals surface area contributed by atoms with Crippen LogP contribution in [-0.4, -0.2) is 42.1 Å². The highest BCUT2D eigenvalue weighted by Gasteiger charge is 2.29. The van der Waals surface area contributed by atoms with Gasteiger partial charge in [0.25, 0.3) is 0 Å². The Morgan fingerprint density at radius 2 is 2.04 bits per heavy atom. The zero-order chi connectivity index (χ0) is 17.8. The molecule has 1 aromatic carbocycles. The number of nitrogens with zero attached hydrogens (tertiary/aromatic N) is 1. The van der Waals surface area contributed by atoms with E-state index < -0.39 is 6.04 Å². The van der Waals surface area contributed by atoms with Gasteiger partial charge < -0.3 is 20.3 Å². The van der Waals surface area contributed by atoms with Gasteiger partial charge in [0.15, 0.2) is 0 Å². The average Bonchev–Trinajstić information content (AvgIpc) is 2.62. The molecule has 3 atom stereocenters. The lowest BCUT2D eigenvalue weighted by Gasteiger charge is -2.35. The minimum atomic E-state index is -0.532. The van der Waals surface area contributed by atoms with Gasteiger partial charge >= 0.3 is 6.03 Å². The van der Waals surface area contributed by atoms with Crippen molar-refractivity contribution in [2.24, 2.45) is 0 Å². The molecule has 0 saturated carbocycles. The molecule has 0 unspecified atom stereocenters. The van der Waals surface area contributed by atoms with E-state index >= 15 is 0 Å². The summed E-state index contributed by atoms with van der Waals surface area (Å²) < 4.78 is 5.61. The van der Waals surface area contributed by atoms with Crippen molar-refractivity contribution in [2.75, 3.05) is 13.2 Å². The van der Waals surface area contributed by atoms with Crippen molar-refractivity contribution in [1.29, 1.82) is 0 Å². The van der Waals surface area contributed by atoms with Crippen molar-refractivity contribution < 1.29 is 14.3 Å². The number of ether oxygens (including phenoxy) is 1. The Morgan fingerprint density at radius 1 is 1.24 bits per heavy atom. The lowest BCUT2D eigenvalue weighted by molar-refractivity contribution is -0.136. The minimum absolute atomic E-state index is 0.00488. The van der Waals surface area contributed by atoms with Gasteiger partial charge in [0, 0.05) is 24.6 Å². The second-order valence-electron chi connectivity index (χ2n) is 6.94. The van der Waals surface area contributed by atoms with Gasteiger partial charge in [0.05, 0.1) is 12.6 Å². The highest BCUT2D eigenvalue weighted by Crippen LogP contribution is 2.31. The number of nitrogens with one attached hydrogen (secondary N) is 2. The van der Waals surface area contributed by atoms with Crippen LogP contribution in [-0.2, 0) is 4.79 Å². The monoisotopic (exact) mass is 345 g/mol. The summed E-state index contributed by atoms with van der Waals surface area (Å²) in [5.74, 6) is 0.806. The molecule has 0 aliphatic carbocycles. The molecule has 136 valence electrons. The van der Waals surface area contributed by atoms with Crippen LogP contribution in [0.3, 0.4) is 0 Å². The molecular weight excluding hydrogens is 318 g/mol. The molecule has 3 amide bonds. The van der Waals surface area contributed by atoms with E-state index in [1.54, 1.807) is 6.92 Å². The number of piperidine rings is 1. The number of benzene rings is 1. The van der Waals surface area contributed by atoms with E-state index in [4.69, 9.17) is 4.74 Å². The average molecular weight is 345 g/mol. The number of likely N-dealkylation sites (tertiary alicyclic amines) is 1. The second kappa shape index (κ2) is 7.76. The highest BCUT2D eigenvalue weighted by atomic mass is 16.5. The fourth-order valence-electron chi connectivity index (χ4n) is 3.62. The molecule has 6 heteroatoms. The molecule has 1 aromatic rings. The van der Waals surface area contributed by atoms with Gasteiger partial charge in [-0.15, -0.1) is 0 Å². The van der Waals surface area contributed by atoms with E-state index in [1.165, 1.54) is 0 Å². The number of amides is 3. The summed E-state index contributed by atoms with van der Waals surface area (Å²) in [6, 6.07) is 7.03. The normalized spacial score (nSPS) is 23.8. The fourth-order valence-corrected chi connectivity index (χ4v) is 3.62. The van der Waals surface area contributed by atoms with Gasteiger partial charge in [0.1, 0.15) is 11.8 Å². The predicted molar refractivity (Wildman–Crippen MR) is 95.5 cm³/mol. The number of fused-ring (bicyclic) bond motifs is 1. The third-order valence-corrected chi connectivity index (χ3v) is 5.07. The number of hydrogen-bond acceptors (Lipinski definition) is 3. The maximum absolute atomic E-state index is 12.6. The van der Waals surface area contributed by atoms with Crippen LogP contribution in [0.1, 0.15) is 51.1 Å². The summed E-state index contributed by atoms with van der Waals surface area (Å²) >= 11 is 0. The molecule has 25 heavy (non-hydrogen) atoms. The third kappa shape index (κ3) is 4.06. The van der Waals surface area contributed by atoms with Gasteiger partial charge in [-0.05, 0) is 39.2 Å². The van der Waals surface area contributed by atoms with Crippen molar-refractivity contribution in [3.63, 3.8) is 0 Å². The number of rotatable bonds is 3. The third-order valence-electron chi connectivity index (χ3n) is 5.07. The van der Waals surface area contributed by atoms with Gasteiger partial charge in [0.2, 0.25) is 5.91 Å². The van der Waals surface area contributed by atoms with E-state index in [0.717, 1.165) is 43.5 Å². The Kier molecular flexibility index (Phi) is 5.46. The van der Waals surface area contributed by atoms with Gasteiger partial charge in [-0.25, -0.2) is 4.79 Å². The molecule has 2 aliphatic heterocycles. The molecule has 2 aliphatic rings. The molecule has 0 spiro atoms. The summed E-state index contributed by atoms with van der Waals surface area (Å²) in [5.41, 5.74) is 0.979. The van der Waals surface area contributed by atoms with Crippen LogP contribution in [0.4, 0.5) is 4.79 Å². The van der Waals surface area contributed by atoms with Crippen LogP contribution < -0.4 is 15.4 Å². The number of carbonyl (C=O) groups excluding carboxylic acids is 2. The lowest BCUT2D eigenvalue weighted by Crippen LogP contribution is -2.53. The molecule has 6 nitrogen and oxygen atoms in total. The summed E-state index contributed by atoms with van der Waals surface area (Å²) in [6.45, 7) is 5.17. The van der Waals surface area contributed by atoms with E-state index in [0.29, 0.717) is 6.61 Å². The SMILES string of the molecule is C[C@H](NC(=O)N[C@@H]1CCOc2ccccc21)C(=O)N1CCCC[C@H]1C. The van der Waals surface area contributed by atoms with Crippen molar-refractivity contribution in [2.45, 2.75) is 57.7 Å². The predicted octanol–water partition coefficient (Wildman–Crippen LogP) is 2.60. The van der Waals surface area contributed by atoms with E-state index in [1.807, 2.05) is 29.2 Å². The quantitative estimate of drug-likeness (QED) is 0.885. The molecule has 1 fully saturated rings. The van der Waals surface area contributed by atoms with Gasteiger partial charge in [-0.3, -0.25) is 4.79 Å². The molecule has 2 N–H and O–H groups in total. The second-order valence-corrected chi connectivity index (χ2v) is 6.94. The van der Waals surface area contributed by atoms with Crippen LogP contribution in [0.15, 0.2) is 24.3 Å². The molecule has 3 rings (SSSR count). The Bertz CT molecular complexity index is 634. The maximum atomic E-state index is 12.6. The highest BCUT2D eigenvalue weighted by molar-refractivity contribution is 5.87. The Hall–Kier alpha value is -2.24. The number of carbonyl (C=O) groups is 2. The van der Waals surface area contributed by atoms with Crippen molar-refractivity contribution in [1.82, 2.24) is 15.5 Å². The summed E-state index contributed by atoms with van der Waals surface area (Å²) in [7, 11) is 0. The smallest absolute Gasteiger partial charge is 0.315 e. The number of para-hydroxylation sites is 1.